The lowest BCUT2D eigenvalue weighted by atomic mass is 10.0. The lowest BCUT2D eigenvalue weighted by molar-refractivity contribution is -0.130. The molecule has 1 aromatic rings. The first-order valence-electron chi connectivity index (χ1n) is 8.47. The number of hydrogen-bond acceptors (Lipinski definition) is 3. The van der Waals surface area contributed by atoms with Gasteiger partial charge in [-0.3, -0.25) is 4.79 Å². The van der Waals surface area contributed by atoms with Crippen molar-refractivity contribution in [1.29, 1.82) is 0 Å². The van der Waals surface area contributed by atoms with Gasteiger partial charge in [-0.05, 0) is 30.5 Å². The molecule has 23 heavy (non-hydrogen) atoms. The average Bonchev–Trinajstić information content (AvgIpc) is 2.56. The Morgan fingerprint density at radius 1 is 1.04 bits per heavy atom. The lowest BCUT2D eigenvalue weighted by Gasteiger charge is -2.25. The van der Waals surface area contributed by atoms with E-state index in [1.54, 1.807) is 31.2 Å². The van der Waals surface area contributed by atoms with Crippen LogP contribution in [0.2, 0.25) is 0 Å². The molecule has 0 aliphatic heterocycles. The van der Waals surface area contributed by atoms with Crippen LogP contribution in [0.5, 0.6) is 0 Å². The topological polar surface area (TPSA) is 54.5 Å². The van der Waals surface area contributed by atoms with Crippen LogP contribution in [0.4, 0.5) is 0 Å². The third kappa shape index (κ3) is 5.65. The van der Waals surface area contributed by atoms with Gasteiger partial charge in [0.2, 0.25) is 5.91 Å². The predicted molar refractivity (Wildman–Crippen MR) is 94.2 cm³/mol. The molecule has 0 saturated heterocycles. The summed E-state index contributed by atoms with van der Waals surface area (Å²) in [6.45, 7) is 9.43. The molecule has 0 bridgehead atoms. The van der Waals surface area contributed by atoms with E-state index in [1.165, 1.54) is 0 Å². The monoisotopic (exact) mass is 339 g/mol. The third-order valence-electron chi connectivity index (χ3n) is 4.39. The molecular formula is C18H29NO3S. The second-order valence-corrected chi connectivity index (χ2v) is 8.12. The fourth-order valence-corrected chi connectivity index (χ4v) is 3.42. The maximum atomic E-state index is 12.5. The summed E-state index contributed by atoms with van der Waals surface area (Å²) in [5, 5.41) is 0. The number of rotatable bonds is 9. The van der Waals surface area contributed by atoms with Crippen molar-refractivity contribution in [2.24, 2.45) is 5.92 Å². The molecule has 130 valence electrons. The first kappa shape index (κ1) is 19.7. The Labute approximate surface area is 140 Å². The average molecular weight is 340 g/mol. The van der Waals surface area contributed by atoms with Gasteiger partial charge in [0.1, 0.15) is 0 Å². The number of likely N-dealkylation sites (N-methyl/N-ethyl adjacent to an activating group) is 1. The van der Waals surface area contributed by atoms with Gasteiger partial charge in [0.25, 0.3) is 0 Å². The maximum absolute atomic E-state index is 12.5. The van der Waals surface area contributed by atoms with Gasteiger partial charge in [0.15, 0.2) is 9.84 Å². The Morgan fingerprint density at radius 2 is 1.61 bits per heavy atom. The van der Waals surface area contributed by atoms with Crippen molar-refractivity contribution >= 4 is 15.7 Å². The van der Waals surface area contributed by atoms with Gasteiger partial charge >= 0.3 is 0 Å². The standard InChI is InChI=1S/C18H29NO3S/c1-5-15(6-2)14-19(7-3)18(20)13-16-9-11-17(12-10-16)23(21,22)8-4/h9-12,15H,5-8,13-14H2,1-4H3. The van der Waals surface area contributed by atoms with Crippen LogP contribution in [0.25, 0.3) is 0 Å². The van der Waals surface area contributed by atoms with Crippen LogP contribution in [0.3, 0.4) is 0 Å². The van der Waals surface area contributed by atoms with Crippen molar-refractivity contribution in [3.63, 3.8) is 0 Å². The third-order valence-corrected chi connectivity index (χ3v) is 6.14. The van der Waals surface area contributed by atoms with E-state index in [0.717, 1.165) is 24.9 Å². The zero-order chi connectivity index (χ0) is 17.5. The Balaban J connectivity index is 2.76. The molecular weight excluding hydrogens is 310 g/mol. The largest absolute Gasteiger partial charge is 0.342 e. The summed E-state index contributed by atoms with van der Waals surface area (Å²) in [5.74, 6) is 0.728. The SMILES string of the molecule is CCC(CC)CN(CC)C(=O)Cc1ccc(S(=O)(=O)CC)cc1. The summed E-state index contributed by atoms with van der Waals surface area (Å²) >= 11 is 0. The number of amides is 1. The van der Waals surface area contributed by atoms with Crippen LogP contribution in [-0.4, -0.2) is 38.1 Å². The van der Waals surface area contributed by atoms with Crippen molar-refractivity contribution in [3.8, 4) is 0 Å². The molecule has 0 N–H and O–H groups in total. The van der Waals surface area contributed by atoms with Gasteiger partial charge < -0.3 is 4.90 Å². The Bertz CT molecular complexity index is 589. The molecule has 4 nitrogen and oxygen atoms in total. The molecule has 0 fully saturated rings. The molecule has 0 aliphatic carbocycles. The molecule has 0 aliphatic rings. The van der Waals surface area contributed by atoms with E-state index in [9.17, 15) is 13.2 Å². The summed E-state index contributed by atoms with van der Waals surface area (Å²) < 4.78 is 23.6. The van der Waals surface area contributed by atoms with E-state index in [0.29, 0.717) is 23.8 Å². The van der Waals surface area contributed by atoms with Crippen LogP contribution < -0.4 is 0 Å². The van der Waals surface area contributed by atoms with Crippen LogP contribution in [0.1, 0.15) is 46.1 Å². The molecule has 1 rings (SSSR count). The molecule has 1 amide bonds. The van der Waals surface area contributed by atoms with E-state index < -0.39 is 9.84 Å². The highest BCUT2D eigenvalue weighted by Gasteiger charge is 2.17. The van der Waals surface area contributed by atoms with Gasteiger partial charge in [0, 0.05) is 13.1 Å². The van der Waals surface area contributed by atoms with Gasteiger partial charge in [-0.1, -0.05) is 45.7 Å². The van der Waals surface area contributed by atoms with Crippen LogP contribution in [0, 0.1) is 5.92 Å². The van der Waals surface area contributed by atoms with Gasteiger partial charge in [-0.2, -0.15) is 0 Å². The van der Waals surface area contributed by atoms with Crippen molar-refractivity contribution < 1.29 is 13.2 Å². The van der Waals surface area contributed by atoms with E-state index in [1.807, 2.05) is 11.8 Å². The summed E-state index contributed by atoms with van der Waals surface area (Å²) in [6.07, 6.45) is 2.47. The molecule has 0 heterocycles. The summed E-state index contributed by atoms with van der Waals surface area (Å²) in [7, 11) is -3.18. The fourth-order valence-electron chi connectivity index (χ4n) is 2.53. The van der Waals surface area contributed by atoms with Crippen molar-refractivity contribution in [2.45, 2.75) is 51.9 Å². The van der Waals surface area contributed by atoms with E-state index in [2.05, 4.69) is 13.8 Å². The number of hydrogen-bond donors (Lipinski definition) is 0. The molecule has 0 unspecified atom stereocenters. The zero-order valence-corrected chi connectivity index (χ0v) is 15.5. The molecule has 0 saturated carbocycles. The highest BCUT2D eigenvalue weighted by molar-refractivity contribution is 7.91. The molecule has 0 radical (unpaired) electrons. The smallest absolute Gasteiger partial charge is 0.226 e. The van der Waals surface area contributed by atoms with Crippen molar-refractivity contribution in [3.05, 3.63) is 29.8 Å². The highest BCUT2D eigenvalue weighted by atomic mass is 32.2. The molecule has 0 spiro atoms. The van der Waals surface area contributed by atoms with E-state index >= 15 is 0 Å². The summed E-state index contributed by atoms with van der Waals surface area (Å²) in [6, 6.07) is 6.67. The second-order valence-electron chi connectivity index (χ2n) is 5.84. The number of sulfone groups is 1. The number of carbonyl (C=O) groups excluding carboxylic acids is 1. The van der Waals surface area contributed by atoms with Crippen LogP contribution in [-0.2, 0) is 21.1 Å². The minimum absolute atomic E-state index is 0.0876. The molecule has 0 aromatic heterocycles. The first-order chi connectivity index (χ1) is 10.9. The number of carbonyl (C=O) groups is 1. The minimum atomic E-state index is -3.18. The van der Waals surface area contributed by atoms with E-state index in [4.69, 9.17) is 0 Å². The quantitative estimate of drug-likeness (QED) is 0.693. The van der Waals surface area contributed by atoms with Gasteiger partial charge in [0.05, 0.1) is 17.1 Å². The normalized spacial score (nSPS) is 11.7. The highest BCUT2D eigenvalue weighted by Crippen LogP contribution is 2.15. The molecule has 0 atom stereocenters. The summed E-state index contributed by atoms with van der Waals surface area (Å²) in [5.41, 5.74) is 0.855. The van der Waals surface area contributed by atoms with E-state index in [-0.39, 0.29) is 11.7 Å². The Morgan fingerprint density at radius 3 is 2.04 bits per heavy atom. The Hall–Kier alpha value is -1.36. The van der Waals surface area contributed by atoms with Crippen LogP contribution >= 0.6 is 0 Å². The molecule has 1 aromatic carbocycles. The lowest BCUT2D eigenvalue weighted by Crippen LogP contribution is -2.36. The van der Waals surface area contributed by atoms with Crippen LogP contribution in [0.15, 0.2) is 29.2 Å². The van der Waals surface area contributed by atoms with Gasteiger partial charge in [-0.15, -0.1) is 0 Å². The number of nitrogens with zero attached hydrogens (tertiary/aromatic N) is 1. The summed E-state index contributed by atoms with van der Waals surface area (Å²) in [4.78, 5) is 14.7. The predicted octanol–water partition coefficient (Wildman–Crippen LogP) is 3.31. The Kier molecular flexibility index (Phi) is 7.76. The zero-order valence-electron chi connectivity index (χ0n) is 14.7. The first-order valence-corrected chi connectivity index (χ1v) is 10.1. The minimum Gasteiger partial charge on any atom is -0.342 e. The maximum Gasteiger partial charge on any atom is 0.226 e. The van der Waals surface area contributed by atoms with Gasteiger partial charge in [-0.25, -0.2) is 8.42 Å². The second kappa shape index (κ2) is 9.06. The molecule has 5 heteroatoms. The number of benzene rings is 1. The van der Waals surface area contributed by atoms with Crippen molar-refractivity contribution in [2.75, 3.05) is 18.8 Å². The fraction of sp³-hybridized carbons (Fsp3) is 0.611. The van der Waals surface area contributed by atoms with Crippen molar-refractivity contribution in [1.82, 2.24) is 4.90 Å².